The van der Waals surface area contributed by atoms with Crippen LogP contribution in [0.5, 0.6) is 11.5 Å². The number of aryl methyl sites for hydroxylation is 1. The molecule has 3 heterocycles. The molecule has 3 rings (SSSR count). The van der Waals surface area contributed by atoms with Gasteiger partial charge in [-0.25, -0.2) is 4.79 Å². The third-order valence-electron chi connectivity index (χ3n) is 3.63. The first-order valence-corrected chi connectivity index (χ1v) is 8.67. The third-order valence-corrected chi connectivity index (χ3v) is 3.63. The third kappa shape index (κ3) is 4.92. The summed E-state index contributed by atoms with van der Waals surface area (Å²) in [6.45, 7) is 6.93. The molecule has 0 saturated carbocycles. The maximum absolute atomic E-state index is 12.1. The van der Waals surface area contributed by atoms with E-state index in [-0.39, 0.29) is 5.82 Å². The van der Waals surface area contributed by atoms with E-state index in [9.17, 15) is 14.9 Å². The summed E-state index contributed by atoms with van der Waals surface area (Å²) in [5.74, 6) is 0.593. The van der Waals surface area contributed by atoms with Crippen LogP contribution in [0.4, 0.5) is 10.6 Å². The minimum Gasteiger partial charge on any atom is -0.453 e. The van der Waals surface area contributed by atoms with Crippen LogP contribution in [-0.2, 0) is 4.74 Å². The van der Waals surface area contributed by atoms with Gasteiger partial charge in [0.2, 0.25) is 0 Å². The predicted molar refractivity (Wildman–Crippen MR) is 103 cm³/mol. The number of carbonyl (C=O) groups excluding carboxylic acids is 1. The Morgan fingerprint density at radius 3 is 2.66 bits per heavy atom. The molecular formula is C19H19N5O5. The van der Waals surface area contributed by atoms with E-state index >= 15 is 0 Å². The highest BCUT2D eigenvalue weighted by Crippen LogP contribution is 2.28. The van der Waals surface area contributed by atoms with Gasteiger partial charge in [0.05, 0.1) is 11.9 Å². The van der Waals surface area contributed by atoms with Crippen LogP contribution in [0.3, 0.4) is 0 Å². The molecular weight excluding hydrogens is 378 g/mol. The standard InChI is InChI=1S/C19H19N5O5/c1-12-16(5-6-17(22-12)24(26)27)28-14-7-8-20-15(9-14)13-10-21-23(11-13)18(25)29-19(2,3)4/h5-11H,1-4H3. The molecule has 0 unspecified atom stereocenters. The molecule has 0 spiro atoms. The van der Waals surface area contributed by atoms with Crippen LogP contribution in [0.15, 0.2) is 42.9 Å². The molecule has 0 fully saturated rings. The number of hydrogen-bond acceptors (Lipinski definition) is 8. The van der Waals surface area contributed by atoms with Crippen LogP contribution in [0.2, 0.25) is 0 Å². The minimum absolute atomic E-state index is 0.250. The highest BCUT2D eigenvalue weighted by molar-refractivity contribution is 5.72. The summed E-state index contributed by atoms with van der Waals surface area (Å²) in [6, 6.07) is 6.07. The molecule has 0 atom stereocenters. The maximum Gasteiger partial charge on any atom is 0.435 e. The fourth-order valence-electron chi connectivity index (χ4n) is 2.37. The Hall–Kier alpha value is -3.82. The predicted octanol–water partition coefficient (Wildman–Crippen LogP) is 4.13. The molecule has 0 aliphatic heterocycles. The normalized spacial score (nSPS) is 11.2. The van der Waals surface area contributed by atoms with Crippen LogP contribution in [0.1, 0.15) is 26.5 Å². The Labute approximate surface area is 166 Å². The molecule has 10 heteroatoms. The maximum atomic E-state index is 12.1. The van der Waals surface area contributed by atoms with Gasteiger partial charge in [-0.05, 0) is 42.8 Å². The van der Waals surface area contributed by atoms with E-state index < -0.39 is 16.6 Å². The Kier molecular flexibility index (Phi) is 5.26. The summed E-state index contributed by atoms with van der Waals surface area (Å²) in [7, 11) is 0. The first-order chi connectivity index (χ1) is 13.6. The van der Waals surface area contributed by atoms with Crippen molar-refractivity contribution in [1.29, 1.82) is 0 Å². The topological polar surface area (TPSA) is 122 Å². The second kappa shape index (κ2) is 7.66. The van der Waals surface area contributed by atoms with Crippen molar-refractivity contribution in [3.8, 4) is 22.8 Å². The van der Waals surface area contributed by atoms with Crippen molar-refractivity contribution in [3.05, 3.63) is 58.7 Å². The molecule has 0 aliphatic rings. The number of ether oxygens (including phenoxy) is 2. The van der Waals surface area contributed by atoms with E-state index in [0.717, 1.165) is 4.68 Å². The zero-order valence-corrected chi connectivity index (χ0v) is 16.3. The van der Waals surface area contributed by atoms with Gasteiger partial charge in [0, 0.05) is 37.0 Å². The Morgan fingerprint density at radius 1 is 1.24 bits per heavy atom. The van der Waals surface area contributed by atoms with Crippen molar-refractivity contribution < 1.29 is 19.2 Å². The van der Waals surface area contributed by atoms with Crippen molar-refractivity contribution in [1.82, 2.24) is 19.7 Å². The molecule has 0 aliphatic carbocycles. The van der Waals surface area contributed by atoms with Gasteiger partial charge in [0.25, 0.3) is 0 Å². The van der Waals surface area contributed by atoms with E-state index in [4.69, 9.17) is 9.47 Å². The lowest BCUT2D eigenvalue weighted by Gasteiger charge is -2.18. The minimum atomic E-state index is -0.633. The highest BCUT2D eigenvalue weighted by Gasteiger charge is 2.19. The molecule has 10 nitrogen and oxygen atoms in total. The fraction of sp³-hybridized carbons (Fsp3) is 0.263. The lowest BCUT2D eigenvalue weighted by molar-refractivity contribution is -0.389. The van der Waals surface area contributed by atoms with E-state index in [1.54, 1.807) is 46.0 Å². The number of nitrogens with zero attached hydrogens (tertiary/aromatic N) is 5. The van der Waals surface area contributed by atoms with Gasteiger partial charge in [0.15, 0.2) is 11.4 Å². The molecule has 0 amide bonds. The molecule has 0 radical (unpaired) electrons. The van der Waals surface area contributed by atoms with Crippen molar-refractivity contribution in [3.63, 3.8) is 0 Å². The number of nitro groups is 1. The average molecular weight is 397 g/mol. The van der Waals surface area contributed by atoms with Crippen molar-refractivity contribution in [2.24, 2.45) is 0 Å². The molecule has 0 N–H and O–H groups in total. The number of hydrogen-bond donors (Lipinski definition) is 0. The van der Waals surface area contributed by atoms with Gasteiger partial charge in [-0.2, -0.15) is 9.78 Å². The van der Waals surface area contributed by atoms with Gasteiger partial charge in [0.1, 0.15) is 11.4 Å². The summed E-state index contributed by atoms with van der Waals surface area (Å²) < 4.78 is 12.2. The van der Waals surface area contributed by atoms with Crippen LogP contribution >= 0.6 is 0 Å². The zero-order chi connectivity index (χ0) is 21.2. The number of rotatable bonds is 4. The van der Waals surface area contributed by atoms with Gasteiger partial charge < -0.3 is 19.6 Å². The van der Waals surface area contributed by atoms with Gasteiger partial charge in [-0.15, -0.1) is 0 Å². The summed E-state index contributed by atoms with van der Waals surface area (Å²) in [4.78, 5) is 30.5. The SMILES string of the molecule is Cc1nc([N+](=O)[O-])ccc1Oc1ccnc(-c2cnn(C(=O)OC(C)(C)C)c2)c1. The van der Waals surface area contributed by atoms with Crippen molar-refractivity contribution in [2.45, 2.75) is 33.3 Å². The lowest BCUT2D eigenvalue weighted by atomic mass is 10.2. The zero-order valence-electron chi connectivity index (χ0n) is 16.3. The first-order valence-electron chi connectivity index (χ1n) is 8.67. The Morgan fingerprint density at radius 2 is 2.00 bits per heavy atom. The van der Waals surface area contributed by atoms with Gasteiger partial charge in [-0.1, -0.05) is 0 Å². The molecule has 29 heavy (non-hydrogen) atoms. The van der Waals surface area contributed by atoms with E-state index in [0.29, 0.717) is 28.5 Å². The molecule has 0 aromatic carbocycles. The highest BCUT2D eigenvalue weighted by atomic mass is 16.6. The molecule has 3 aromatic rings. The number of carbonyl (C=O) groups is 1. The quantitative estimate of drug-likeness (QED) is 0.475. The van der Waals surface area contributed by atoms with Crippen LogP contribution in [0.25, 0.3) is 11.3 Å². The fourth-order valence-corrected chi connectivity index (χ4v) is 2.37. The second-order valence-electron chi connectivity index (χ2n) is 7.14. The van der Waals surface area contributed by atoms with Crippen LogP contribution < -0.4 is 4.74 Å². The van der Waals surface area contributed by atoms with Crippen LogP contribution in [-0.4, -0.2) is 36.4 Å². The first kappa shape index (κ1) is 19.9. The van der Waals surface area contributed by atoms with E-state index in [1.165, 1.54) is 24.5 Å². The van der Waals surface area contributed by atoms with E-state index in [2.05, 4.69) is 15.1 Å². The van der Waals surface area contributed by atoms with Gasteiger partial charge in [-0.3, -0.25) is 4.98 Å². The van der Waals surface area contributed by atoms with Crippen molar-refractivity contribution in [2.75, 3.05) is 0 Å². The van der Waals surface area contributed by atoms with Gasteiger partial charge >= 0.3 is 11.9 Å². The molecule has 3 aromatic heterocycles. The Bertz CT molecular complexity index is 1070. The summed E-state index contributed by atoms with van der Waals surface area (Å²) in [5, 5.41) is 14.8. The van der Waals surface area contributed by atoms with Crippen molar-refractivity contribution >= 4 is 11.9 Å². The average Bonchev–Trinajstić information content (AvgIpc) is 3.12. The molecule has 0 bridgehead atoms. The lowest BCUT2D eigenvalue weighted by Crippen LogP contribution is -2.27. The smallest absolute Gasteiger partial charge is 0.435 e. The summed E-state index contributed by atoms with van der Waals surface area (Å²) in [6.07, 6.45) is 3.96. The number of aromatic nitrogens is 4. The summed E-state index contributed by atoms with van der Waals surface area (Å²) >= 11 is 0. The molecule has 0 saturated heterocycles. The largest absolute Gasteiger partial charge is 0.453 e. The van der Waals surface area contributed by atoms with E-state index in [1.807, 2.05) is 0 Å². The Balaban J connectivity index is 1.80. The molecule has 150 valence electrons. The monoisotopic (exact) mass is 397 g/mol. The second-order valence-corrected chi connectivity index (χ2v) is 7.14. The van der Waals surface area contributed by atoms with Crippen LogP contribution in [0, 0.1) is 17.0 Å². The summed E-state index contributed by atoms with van der Waals surface area (Å²) in [5.41, 5.74) is 0.881. The number of pyridine rings is 2.